The van der Waals surface area contributed by atoms with Crippen LogP contribution in [0.15, 0.2) is 47.7 Å². The lowest BCUT2D eigenvalue weighted by Gasteiger charge is -2.30. The second-order valence-corrected chi connectivity index (χ2v) is 9.18. The number of halogens is 3. The van der Waals surface area contributed by atoms with Gasteiger partial charge in [0.2, 0.25) is 5.95 Å². The molecule has 6 rings (SSSR count). The minimum Gasteiger partial charge on any atom is -0.377 e. The number of carbonyl (C=O) groups is 1. The quantitative estimate of drug-likeness (QED) is 0.522. The molecule has 5 heterocycles. The molecule has 3 aromatic rings. The molecular formula is C26H22F3N7O2. The van der Waals surface area contributed by atoms with Gasteiger partial charge in [0.15, 0.2) is 0 Å². The zero-order valence-corrected chi connectivity index (χ0v) is 20.2. The molecule has 0 atom stereocenters. The van der Waals surface area contributed by atoms with Crippen molar-refractivity contribution in [3.05, 3.63) is 70.7 Å². The maximum atomic E-state index is 13.1. The fourth-order valence-electron chi connectivity index (χ4n) is 4.49. The van der Waals surface area contributed by atoms with Crippen molar-refractivity contribution in [1.82, 2.24) is 15.0 Å². The van der Waals surface area contributed by atoms with Crippen LogP contribution in [0.4, 0.5) is 30.6 Å². The lowest BCUT2D eigenvalue weighted by molar-refractivity contribution is -0.137. The van der Waals surface area contributed by atoms with E-state index < -0.39 is 17.6 Å². The van der Waals surface area contributed by atoms with Crippen molar-refractivity contribution in [1.29, 1.82) is 0 Å². The highest BCUT2D eigenvalue weighted by Gasteiger charge is 2.33. The molecule has 1 amide bonds. The second kappa shape index (κ2) is 9.21. The van der Waals surface area contributed by atoms with Crippen LogP contribution in [0.2, 0.25) is 0 Å². The van der Waals surface area contributed by atoms with Gasteiger partial charge in [-0.1, -0.05) is 6.07 Å². The fraction of sp³-hybridized carbons (Fsp3) is 0.269. The smallest absolute Gasteiger partial charge is 0.377 e. The SMILES string of the molecule is Cc1ccc(NC(=O)c2cc(C(F)(F)F)ccn2)cc1C1=Cc2cnc(NC3COC3)nc2N2CCN=C12. The van der Waals surface area contributed by atoms with Crippen molar-refractivity contribution in [3.8, 4) is 0 Å². The first kappa shape index (κ1) is 24.0. The number of benzene rings is 1. The Morgan fingerprint density at radius 1 is 1.16 bits per heavy atom. The van der Waals surface area contributed by atoms with Gasteiger partial charge in [-0.05, 0) is 48.4 Å². The average molecular weight is 522 g/mol. The number of nitrogens with one attached hydrogen (secondary N) is 2. The Balaban J connectivity index is 1.30. The third-order valence-electron chi connectivity index (χ3n) is 6.51. The first-order chi connectivity index (χ1) is 18.3. The molecule has 194 valence electrons. The fourth-order valence-corrected chi connectivity index (χ4v) is 4.49. The van der Waals surface area contributed by atoms with E-state index in [2.05, 4.69) is 20.6 Å². The van der Waals surface area contributed by atoms with Gasteiger partial charge in [-0.3, -0.25) is 14.8 Å². The van der Waals surface area contributed by atoms with Gasteiger partial charge in [-0.2, -0.15) is 18.2 Å². The first-order valence-corrected chi connectivity index (χ1v) is 12.0. The molecular weight excluding hydrogens is 499 g/mol. The number of aromatic nitrogens is 3. The van der Waals surface area contributed by atoms with Crippen LogP contribution in [-0.4, -0.2) is 59.0 Å². The molecule has 1 fully saturated rings. The highest BCUT2D eigenvalue weighted by Crippen LogP contribution is 2.37. The average Bonchev–Trinajstić information content (AvgIpc) is 3.37. The molecule has 2 N–H and O–H groups in total. The number of fused-ring (bicyclic) bond motifs is 3. The summed E-state index contributed by atoms with van der Waals surface area (Å²) < 4.78 is 44.4. The zero-order chi connectivity index (χ0) is 26.4. The Hall–Kier alpha value is -4.32. The van der Waals surface area contributed by atoms with Gasteiger partial charge in [-0.15, -0.1) is 0 Å². The number of hydrogen-bond donors (Lipinski definition) is 2. The number of alkyl halides is 3. The lowest BCUT2D eigenvalue weighted by Crippen LogP contribution is -2.41. The summed E-state index contributed by atoms with van der Waals surface area (Å²) in [5.41, 5.74) is 2.60. The topological polar surface area (TPSA) is 105 Å². The Bertz CT molecular complexity index is 1500. The number of hydrogen-bond acceptors (Lipinski definition) is 8. The van der Waals surface area contributed by atoms with Crippen LogP contribution in [0.5, 0.6) is 0 Å². The summed E-state index contributed by atoms with van der Waals surface area (Å²) in [5.74, 6) is 1.32. The predicted molar refractivity (Wildman–Crippen MR) is 136 cm³/mol. The van der Waals surface area contributed by atoms with E-state index in [4.69, 9.17) is 14.7 Å². The summed E-state index contributed by atoms with van der Waals surface area (Å²) in [6, 6.07) is 7.07. The highest BCUT2D eigenvalue weighted by molar-refractivity contribution is 6.36. The minimum atomic E-state index is -4.57. The van der Waals surface area contributed by atoms with Crippen LogP contribution < -0.4 is 15.5 Å². The van der Waals surface area contributed by atoms with Crippen molar-refractivity contribution in [2.24, 2.45) is 4.99 Å². The summed E-state index contributed by atoms with van der Waals surface area (Å²) in [5, 5.41) is 5.94. The molecule has 3 aliphatic rings. The second-order valence-electron chi connectivity index (χ2n) is 9.18. The van der Waals surface area contributed by atoms with Crippen LogP contribution in [-0.2, 0) is 10.9 Å². The molecule has 12 heteroatoms. The Kier molecular flexibility index (Phi) is 5.83. The summed E-state index contributed by atoms with van der Waals surface area (Å²) in [4.78, 5) is 32.5. The molecule has 0 bridgehead atoms. The number of pyridine rings is 1. The summed E-state index contributed by atoms with van der Waals surface area (Å²) in [6.07, 6.45) is 0.130. The molecule has 0 saturated carbocycles. The number of amidine groups is 1. The molecule has 9 nitrogen and oxygen atoms in total. The van der Waals surface area contributed by atoms with E-state index in [1.165, 1.54) is 0 Å². The van der Waals surface area contributed by atoms with E-state index in [0.29, 0.717) is 37.9 Å². The molecule has 0 radical (unpaired) electrons. The Labute approximate surface area is 215 Å². The summed E-state index contributed by atoms with van der Waals surface area (Å²) >= 11 is 0. The number of rotatable bonds is 5. The maximum Gasteiger partial charge on any atom is 0.416 e. The Morgan fingerprint density at radius 3 is 2.76 bits per heavy atom. The van der Waals surface area contributed by atoms with Gasteiger partial charge >= 0.3 is 6.18 Å². The summed E-state index contributed by atoms with van der Waals surface area (Å²) in [7, 11) is 0. The number of aryl methyl sites for hydroxylation is 1. The monoisotopic (exact) mass is 521 g/mol. The number of anilines is 3. The van der Waals surface area contributed by atoms with E-state index >= 15 is 0 Å². The number of carbonyl (C=O) groups excluding carboxylic acids is 1. The van der Waals surface area contributed by atoms with E-state index in [1.807, 2.05) is 24.0 Å². The largest absolute Gasteiger partial charge is 0.416 e. The van der Waals surface area contributed by atoms with Gasteiger partial charge in [-0.25, -0.2) is 4.98 Å². The van der Waals surface area contributed by atoms with Gasteiger partial charge in [0, 0.05) is 35.8 Å². The normalized spacial score (nSPS) is 16.7. The van der Waals surface area contributed by atoms with Gasteiger partial charge < -0.3 is 20.3 Å². The third kappa shape index (κ3) is 4.47. The number of amides is 1. The molecule has 2 aromatic heterocycles. The van der Waals surface area contributed by atoms with Gasteiger partial charge in [0.05, 0.1) is 31.4 Å². The molecule has 3 aliphatic heterocycles. The maximum absolute atomic E-state index is 13.1. The van der Waals surface area contributed by atoms with E-state index in [0.717, 1.165) is 52.2 Å². The van der Waals surface area contributed by atoms with Crippen molar-refractivity contribution in [2.75, 3.05) is 41.8 Å². The van der Waals surface area contributed by atoms with Gasteiger partial charge in [0.25, 0.3) is 5.91 Å². The van der Waals surface area contributed by atoms with Crippen LogP contribution in [0.3, 0.4) is 0 Å². The first-order valence-electron chi connectivity index (χ1n) is 12.0. The molecule has 0 unspecified atom stereocenters. The van der Waals surface area contributed by atoms with Crippen LogP contribution in [0.1, 0.15) is 32.7 Å². The van der Waals surface area contributed by atoms with E-state index in [-0.39, 0.29) is 11.7 Å². The highest BCUT2D eigenvalue weighted by atomic mass is 19.4. The van der Waals surface area contributed by atoms with E-state index in [1.54, 1.807) is 18.3 Å². The molecule has 38 heavy (non-hydrogen) atoms. The van der Waals surface area contributed by atoms with Crippen LogP contribution in [0, 0.1) is 6.92 Å². The zero-order valence-electron chi connectivity index (χ0n) is 20.2. The number of aliphatic imine (C=N–C) groups is 1. The van der Waals surface area contributed by atoms with Crippen molar-refractivity contribution in [3.63, 3.8) is 0 Å². The summed E-state index contributed by atoms with van der Waals surface area (Å²) in [6.45, 7) is 4.45. The lowest BCUT2D eigenvalue weighted by atomic mass is 9.94. The molecule has 1 saturated heterocycles. The van der Waals surface area contributed by atoms with Gasteiger partial charge in [0.1, 0.15) is 17.3 Å². The van der Waals surface area contributed by atoms with E-state index in [9.17, 15) is 18.0 Å². The third-order valence-corrected chi connectivity index (χ3v) is 6.51. The van der Waals surface area contributed by atoms with Crippen LogP contribution >= 0.6 is 0 Å². The van der Waals surface area contributed by atoms with Crippen molar-refractivity contribution in [2.45, 2.75) is 19.1 Å². The number of ether oxygens (including phenoxy) is 1. The van der Waals surface area contributed by atoms with Crippen molar-refractivity contribution >= 4 is 40.8 Å². The predicted octanol–water partition coefficient (Wildman–Crippen LogP) is 4.03. The standard InChI is InChI=1S/C26H22F3N7O2/c1-14-2-3-17(33-24(37)21-9-16(4-5-30-21)26(27,28)29)10-19(14)20-8-15-11-32-25(34-18-12-38-13-18)35-22(15)36-7-6-31-23(20)36/h2-5,8-11,18H,6-7,12-13H2,1H3,(H,33,37)(H,32,34,35). The number of nitrogens with zero attached hydrogens (tertiary/aromatic N) is 5. The Morgan fingerprint density at radius 2 is 2.00 bits per heavy atom. The molecule has 0 aliphatic carbocycles. The van der Waals surface area contributed by atoms with Crippen LogP contribution in [0.25, 0.3) is 11.6 Å². The minimum absolute atomic E-state index is 0.196. The molecule has 0 spiro atoms. The van der Waals surface area contributed by atoms with Crippen molar-refractivity contribution < 1.29 is 22.7 Å². The molecule has 1 aromatic carbocycles.